The number of carbonyl (C=O) groups excluding carboxylic acids is 2. The number of halogens is 2. The molecule has 2 fully saturated rings. The molecule has 1 aliphatic heterocycles. The Morgan fingerprint density at radius 2 is 2.08 bits per heavy atom. The lowest BCUT2D eigenvalue weighted by Crippen LogP contribution is -2.45. The number of rotatable bonds is 7. The predicted octanol–water partition coefficient (Wildman–Crippen LogP) is 4.18. The van der Waals surface area contributed by atoms with Gasteiger partial charge in [-0.25, -0.2) is 4.39 Å². The van der Waals surface area contributed by atoms with Crippen molar-refractivity contribution in [3.63, 3.8) is 0 Å². The minimum absolute atomic E-state index is 0.00175. The molecule has 36 heavy (non-hydrogen) atoms. The molecule has 1 amide bonds. The fraction of sp³-hybridized carbons (Fsp3) is 0.519. The minimum Gasteiger partial charge on any atom is -0.503 e. The van der Waals surface area contributed by atoms with Gasteiger partial charge in [-0.05, 0) is 48.5 Å². The predicted molar refractivity (Wildman–Crippen MR) is 132 cm³/mol. The van der Waals surface area contributed by atoms with Crippen LogP contribution in [0.2, 0.25) is 5.02 Å². The van der Waals surface area contributed by atoms with E-state index < -0.39 is 22.9 Å². The van der Waals surface area contributed by atoms with Crippen LogP contribution >= 0.6 is 11.6 Å². The lowest BCUT2D eigenvalue weighted by atomic mass is 9.58. The second-order valence-corrected chi connectivity index (χ2v) is 11.0. The molecule has 2 aliphatic carbocycles. The molecule has 9 heteroatoms. The van der Waals surface area contributed by atoms with Gasteiger partial charge in [0.1, 0.15) is 17.1 Å². The van der Waals surface area contributed by atoms with E-state index in [4.69, 9.17) is 16.3 Å². The average molecular weight is 517 g/mol. The summed E-state index contributed by atoms with van der Waals surface area (Å²) in [5.74, 6) is -1.65. The van der Waals surface area contributed by atoms with Gasteiger partial charge in [0, 0.05) is 44.5 Å². The standard InChI is InChI=1S/C27H30ClFN2O5/c1-3-5-16-19-20(16)27(8-14(9-27)12-36-2)13-31-11-17(23(32)25(34)22(31)24(19)33)26(35)30-10-15-6-4-7-18(28)21(15)29/h4,6-7,11,14,16,19-20,34H,3,5,8-10,12-13H2,1-2H3,(H,30,35)/t14-,16?,19?,20-,27-/m1/s1. The number of carbonyl (C=O) groups is 2. The normalized spacial score (nSPS) is 28.2. The van der Waals surface area contributed by atoms with Crippen molar-refractivity contribution in [1.82, 2.24) is 9.88 Å². The zero-order valence-corrected chi connectivity index (χ0v) is 21.1. The Morgan fingerprint density at radius 1 is 1.33 bits per heavy atom. The number of ether oxygens (including phenoxy) is 1. The molecule has 3 atom stereocenters. The second-order valence-electron chi connectivity index (χ2n) is 10.6. The number of methoxy groups -OCH3 is 1. The largest absolute Gasteiger partial charge is 0.503 e. The summed E-state index contributed by atoms with van der Waals surface area (Å²) in [5.41, 5.74) is -1.14. The molecule has 192 valence electrons. The van der Waals surface area contributed by atoms with Crippen LogP contribution in [0.4, 0.5) is 4.39 Å². The van der Waals surface area contributed by atoms with E-state index in [1.165, 1.54) is 18.3 Å². The quantitative estimate of drug-likeness (QED) is 0.575. The molecule has 3 aliphatic rings. The molecule has 1 aromatic heterocycles. The fourth-order valence-corrected chi connectivity index (χ4v) is 7.05. The maximum absolute atomic E-state index is 14.2. The Bertz CT molecular complexity index is 1290. The van der Waals surface area contributed by atoms with E-state index in [0.29, 0.717) is 19.1 Å². The number of nitrogens with zero attached hydrogens (tertiary/aromatic N) is 1. The van der Waals surface area contributed by atoms with Crippen LogP contribution in [0, 0.1) is 34.9 Å². The van der Waals surface area contributed by atoms with E-state index in [2.05, 4.69) is 12.2 Å². The molecule has 0 saturated heterocycles. The summed E-state index contributed by atoms with van der Waals surface area (Å²) in [6.45, 7) is 3.02. The van der Waals surface area contributed by atoms with Gasteiger partial charge >= 0.3 is 0 Å². The van der Waals surface area contributed by atoms with Crippen LogP contribution in [0.15, 0.2) is 29.2 Å². The highest BCUT2D eigenvalue weighted by molar-refractivity contribution is 6.30. The fourth-order valence-electron chi connectivity index (χ4n) is 6.86. The topological polar surface area (TPSA) is 97.6 Å². The SMILES string of the molecule is CCCC1C2C(=O)c3c(O)c(=O)c(C(=O)NCc4cccc(Cl)c4F)cn3C[C@]3(C[C@@H](COC)C3)[C@H]12. The van der Waals surface area contributed by atoms with Crippen LogP contribution < -0.4 is 10.7 Å². The first kappa shape index (κ1) is 25.0. The zero-order chi connectivity index (χ0) is 25.8. The van der Waals surface area contributed by atoms with Crippen molar-refractivity contribution >= 4 is 23.3 Å². The van der Waals surface area contributed by atoms with Gasteiger partial charge in [0.25, 0.3) is 5.91 Å². The number of nitrogens with one attached hydrogen (secondary N) is 1. The minimum atomic E-state index is -0.898. The van der Waals surface area contributed by atoms with Gasteiger partial charge in [-0.15, -0.1) is 0 Å². The van der Waals surface area contributed by atoms with E-state index in [1.54, 1.807) is 17.7 Å². The molecule has 2 saturated carbocycles. The van der Waals surface area contributed by atoms with Crippen LogP contribution in [-0.4, -0.2) is 35.1 Å². The summed E-state index contributed by atoms with van der Waals surface area (Å²) in [6, 6.07) is 4.45. The van der Waals surface area contributed by atoms with E-state index in [-0.39, 0.29) is 57.3 Å². The van der Waals surface area contributed by atoms with Crippen molar-refractivity contribution in [3.05, 3.63) is 62.3 Å². The Hall–Kier alpha value is -2.71. The first-order chi connectivity index (χ1) is 17.2. The summed E-state index contributed by atoms with van der Waals surface area (Å²) in [5, 5.41) is 13.3. The highest BCUT2D eigenvalue weighted by Crippen LogP contribution is 2.69. The molecule has 2 unspecified atom stereocenters. The number of hydrogen-bond donors (Lipinski definition) is 2. The number of Topliss-reactive ketones (excluding diaryl/α,β-unsaturated/α-hetero) is 1. The Morgan fingerprint density at radius 3 is 2.78 bits per heavy atom. The molecule has 1 spiro atoms. The van der Waals surface area contributed by atoms with Gasteiger partial charge in [0.15, 0.2) is 11.5 Å². The van der Waals surface area contributed by atoms with Gasteiger partial charge in [0.2, 0.25) is 5.43 Å². The summed E-state index contributed by atoms with van der Waals surface area (Å²) in [4.78, 5) is 39.5. The van der Waals surface area contributed by atoms with E-state index in [9.17, 15) is 23.9 Å². The number of hydrogen-bond acceptors (Lipinski definition) is 5. The van der Waals surface area contributed by atoms with Crippen molar-refractivity contribution in [2.75, 3.05) is 13.7 Å². The summed E-state index contributed by atoms with van der Waals surface area (Å²) in [7, 11) is 1.68. The van der Waals surface area contributed by atoms with Crippen LogP contribution in [0.5, 0.6) is 5.75 Å². The molecule has 2 heterocycles. The third-order valence-electron chi connectivity index (χ3n) is 8.28. The number of benzene rings is 1. The van der Waals surface area contributed by atoms with Gasteiger partial charge in [-0.2, -0.15) is 0 Å². The number of amides is 1. The van der Waals surface area contributed by atoms with E-state index in [1.807, 2.05) is 0 Å². The van der Waals surface area contributed by atoms with Gasteiger partial charge in [-0.3, -0.25) is 14.4 Å². The van der Waals surface area contributed by atoms with Crippen LogP contribution in [-0.2, 0) is 17.8 Å². The lowest BCUT2D eigenvalue weighted by Gasteiger charge is -2.49. The average Bonchev–Trinajstić information content (AvgIpc) is 3.55. The van der Waals surface area contributed by atoms with E-state index in [0.717, 1.165) is 25.7 Å². The number of ketones is 1. The molecule has 2 aromatic rings. The Labute approximate surface area is 213 Å². The van der Waals surface area contributed by atoms with E-state index >= 15 is 0 Å². The number of pyridine rings is 1. The summed E-state index contributed by atoms with van der Waals surface area (Å²) in [6.07, 6.45) is 5.08. The second kappa shape index (κ2) is 9.30. The molecule has 5 rings (SSSR count). The monoisotopic (exact) mass is 516 g/mol. The van der Waals surface area contributed by atoms with Crippen molar-refractivity contribution in [3.8, 4) is 5.75 Å². The Balaban J connectivity index is 1.47. The van der Waals surface area contributed by atoms with Crippen molar-refractivity contribution in [2.24, 2.45) is 29.1 Å². The molecule has 2 N–H and O–H groups in total. The van der Waals surface area contributed by atoms with Crippen molar-refractivity contribution in [2.45, 2.75) is 45.7 Å². The highest BCUT2D eigenvalue weighted by atomic mass is 35.5. The molecule has 0 radical (unpaired) electrons. The molecule has 7 nitrogen and oxygen atoms in total. The highest BCUT2D eigenvalue weighted by Gasteiger charge is 2.68. The van der Waals surface area contributed by atoms with Gasteiger partial charge < -0.3 is 19.7 Å². The molecular weight excluding hydrogens is 487 g/mol. The van der Waals surface area contributed by atoms with Crippen molar-refractivity contribution in [1.29, 1.82) is 0 Å². The van der Waals surface area contributed by atoms with Gasteiger partial charge in [-0.1, -0.05) is 37.1 Å². The van der Waals surface area contributed by atoms with Crippen molar-refractivity contribution < 1.29 is 23.8 Å². The molecule has 1 aromatic carbocycles. The Kier molecular flexibility index (Phi) is 6.45. The van der Waals surface area contributed by atoms with Gasteiger partial charge in [0.05, 0.1) is 5.02 Å². The molecular formula is C27H30ClFN2O5. The van der Waals surface area contributed by atoms with Crippen LogP contribution in [0.25, 0.3) is 0 Å². The third kappa shape index (κ3) is 3.95. The first-order valence-corrected chi connectivity index (χ1v) is 12.8. The number of aromatic hydroxyl groups is 1. The summed E-state index contributed by atoms with van der Waals surface area (Å²) < 4.78 is 21.2. The van der Waals surface area contributed by atoms with Crippen LogP contribution in [0.3, 0.4) is 0 Å². The number of fused-ring (bicyclic) bond motifs is 3. The molecule has 0 bridgehead atoms. The summed E-state index contributed by atoms with van der Waals surface area (Å²) >= 11 is 5.81. The van der Waals surface area contributed by atoms with Crippen LogP contribution in [0.1, 0.15) is 59.0 Å². The first-order valence-electron chi connectivity index (χ1n) is 12.4. The maximum Gasteiger partial charge on any atom is 0.257 e. The number of aromatic nitrogens is 1. The zero-order valence-electron chi connectivity index (χ0n) is 20.4. The smallest absolute Gasteiger partial charge is 0.257 e. The lowest BCUT2D eigenvalue weighted by molar-refractivity contribution is -0.0318. The maximum atomic E-state index is 14.2. The third-order valence-corrected chi connectivity index (χ3v) is 8.58.